The van der Waals surface area contributed by atoms with E-state index in [4.69, 9.17) is 9.63 Å². The number of hydrogen-bond acceptors (Lipinski definition) is 5. The van der Waals surface area contributed by atoms with Gasteiger partial charge in [0.05, 0.1) is 17.3 Å². The van der Waals surface area contributed by atoms with E-state index in [1.807, 2.05) is 0 Å². The van der Waals surface area contributed by atoms with Crippen LogP contribution in [-0.4, -0.2) is 26.7 Å². The Kier molecular flexibility index (Phi) is 4.66. The Labute approximate surface area is 147 Å². The lowest BCUT2D eigenvalue weighted by Crippen LogP contribution is -2.22. The van der Waals surface area contributed by atoms with Gasteiger partial charge in [-0.1, -0.05) is 24.3 Å². The maximum absolute atomic E-state index is 12.0. The topological polar surface area (TPSA) is 114 Å². The number of aromatic carboxylic acids is 1. The van der Waals surface area contributed by atoms with E-state index in [2.05, 4.69) is 10.3 Å². The van der Waals surface area contributed by atoms with Gasteiger partial charge in [-0.15, -0.1) is 0 Å². The molecular weight excluding hydrogens is 338 g/mol. The maximum Gasteiger partial charge on any atom is 0.365 e. The molecular formula is C18H15N3O5. The van der Waals surface area contributed by atoms with Gasteiger partial charge in [0.15, 0.2) is 0 Å². The minimum atomic E-state index is -1.05. The number of carbonyl (C=O) groups excluding carboxylic acids is 1. The van der Waals surface area contributed by atoms with Crippen molar-refractivity contribution in [2.75, 3.05) is 0 Å². The summed E-state index contributed by atoms with van der Waals surface area (Å²) in [7, 11) is 0. The number of rotatable bonds is 5. The van der Waals surface area contributed by atoms with Crippen molar-refractivity contribution in [3.8, 4) is 22.3 Å². The quantitative estimate of drug-likeness (QED) is 0.725. The highest BCUT2D eigenvalue weighted by Gasteiger charge is 2.11. The van der Waals surface area contributed by atoms with Gasteiger partial charge in [0.2, 0.25) is 5.91 Å². The molecule has 1 amide bonds. The monoisotopic (exact) mass is 353 g/mol. The van der Waals surface area contributed by atoms with Crippen LogP contribution < -0.4 is 10.9 Å². The first-order chi connectivity index (χ1) is 12.4. The molecule has 0 unspecified atom stereocenters. The zero-order valence-electron chi connectivity index (χ0n) is 13.8. The van der Waals surface area contributed by atoms with Gasteiger partial charge in [-0.3, -0.25) is 9.78 Å². The van der Waals surface area contributed by atoms with Gasteiger partial charge < -0.3 is 14.9 Å². The molecule has 3 rings (SSSR count). The van der Waals surface area contributed by atoms with Gasteiger partial charge in [0, 0.05) is 24.9 Å². The molecule has 8 nitrogen and oxygen atoms in total. The van der Waals surface area contributed by atoms with Gasteiger partial charge in [0.1, 0.15) is 6.67 Å². The number of pyridine rings is 1. The van der Waals surface area contributed by atoms with Crippen molar-refractivity contribution in [3.05, 3.63) is 64.9 Å². The molecule has 0 aliphatic heterocycles. The van der Waals surface area contributed by atoms with E-state index in [9.17, 15) is 14.4 Å². The highest BCUT2D eigenvalue weighted by molar-refractivity contribution is 5.89. The van der Waals surface area contributed by atoms with E-state index in [0.717, 1.165) is 5.56 Å². The minimum absolute atomic E-state index is 0.0658. The lowest BCUT2D eigenvalue weighted by molar-refractivity contribution is -0.119. The third-order valence-corrected chi connectivity index (χ3v) is 3.69. The number of amides is 1. The summed E-state index contributed by atoms with van der Waals surface area (Å²) in [5.74, 6) is -1.28. The predicted octanol–water partition coefficient (Wildman–Crippen LogP) is 1.96. The number of hydrogen-bond donors (Lipinski definition) is 2. The molecule has 2 N–H and O–H groups in total. The van der Waals surface area contributed by atoms with Crippen LogP contribution in [0.2, 0.25) is 0 Å². The number of carboxylic acids is 1. The molecule has 26 heavy (non-hydrogen) atoms. The fraction of sp³-hybridized carbons (Fsp3) is 0.111. The summed E-state index contributed by atoms with van der Waals surface area (Å²) < 4.78 is 6.29. The molecule has 2 aromatic heterocycles. The highest BCUT2D eigenvalue weighted by atomic mass is 16.5. The fourth-order valence-electron chi connectivity index (χ4n) is 2.40. The smallest absolute Gasteiger partial charge is 0.365 e. The second-order valence-corrected chi connectivity index (χ2v) is 5.57. The maximum atomic E-state index is 12.0. The van der Waals surface area contributed by atoms with E-state index in [-0.39, 0.29) is 18.1 Å². The first-order valence-corrected chi connectivity index (χ1v) is 7.68. The van der Waals surface area contributed by atoms with E-state index >= 15 is 0 Å². The van der Waals surface area contributed by atoms with Crippen LogP contribution in [0.1, 0.15) is 17.3 Å². The zero-order valence-corrected chi connectivity index (χ0v) is 13.8. The molecule has 0 radical (unpaired) electrons. The summed E-state index contributed by atoms with van der Waals surface area (Å²) in [5, 5.41) is 11.6. The first kappa shape index (κ1) is 17.2. The summed E-state index contributed by atoms with van der Waals surface area (Å²) >= 11 is 0. The summed E-state index contributed by atoms with van der Waals surface area (Å²) in [6.45, 7) is 1.44. The number of nitrogens with one attached hydrogen (secondary N) is 1. The zero-order chi connectivity index (χ0) is 18.7. The van der Waals surface area contributed by atoms with Crippen LogP contribution in [0, 0.1) is 0 Å². The standard InChI is InChI=1S/C18H15N3O5/c1-11(22)20-10-21-9-16(18(25)26-21)13-4-2-12(3-5-13)14-6-15(17(23)24)8-19-7-14/h2-9H,10H2,1H3,(H,20,22)(H,23,24). The van der Waals surface area contributed by atoms with Crippen molar-refractivity contribution in [2.24, 2.45) is 0 Å². The van der Waals surface area contributed by atoms with Crippen molar-refractivity contribution in [2.45, 2.75) is 13.6 Å². The molecule has 0 aliphatic carbocycles. The van der Waals surface area contributed by atoms with Gasteiger partial charge in [-0.05, 0) is 17.2 Å². The van der Waals surface area contributed by atoms with Gasteiger partial charge in [-0.2, -0.15) is 4.74 Å². The Morgan fingerprint density at radius 3 is 2.50 bits per heavy atom. The van der Waals surface area contributed by atoms with Crippen molar-refractivity contribution >= 4 is 11.9 Å². The summed E-state index contributed by atoms with van der Waals surface area (Å²) in [4.78, 5) is 37.9. The Bertz CT molecular complexity index is 1020. The van der Waals surface area contributed by atoms with Crippen LogP contribution in [-0.2, 0) is 11.5 Å². The van der Waals surface area contributed by atoms with E-state index in [0.29, 0.717) is 16.7 Å². The third kappa shape index (κ3) is 3.69. The van der Waals surface area contributed by atoms with Gasteiger partial charge in [0.25, 0.3) is 0 Å². The number of carbonyl (C=O) groups is 2. The molecule has 2 heterocycles. The molecule has 0 fully saturated rings. The fourth-order valence-corrected chi connectivity index (χ4v) is 2.40. The minimum Gasteiger partial charge on any atom is -0.478 e. The molecule has 0 bridgehead atoms. The predicted molar refractivity (Wildman–Crippen MR) is 92.4 cm³/mol. The molecule has 132 valence electrons. The molecule has 1 aromatic carbocycles. The molecule has 0 atom stereocenters. The van der Waals surface area contributed by atoms with Crippen LogP contribution in [0.4, 0.5) is 0 Å². The lowest BCUT2D eigenvalue weighted by atomic mass is 10.0. The lowest BCUT2D eigenvalue weighted by Gasteiger charge is -2.04. The van der Waals surface area contributed by atoms with Crippen molar-refractivity contribution in [3.63, 3.8) is 0 Å². The SMILES string of the molecule is CC(=O)NCn1cc(-c2ccc(-c3cncc(C(=O)O)c3)cc2)c(=O)o1. The van der Waals surface area contributed by atoms with Crippen LogP contribution in [0.5, 0.6) is 0 Å². The molecule has 0 saturated heterocycles. The van der Waals surface area contributed by atoms with E-state index < -0.39 is 11.6 Å². The molecule has 0 aliphatic rings. The van der Waals surface area contributed by atoms with Crippen LogP contribution in [0.3, 0.4) is 0 Å². The molecule has 0 saturated carbocycles. The Morgan fingerprint density at radius 2 is 1.85 bits per heavy atom. The summed E-state index contributed by atoms with van der Waals surface area (Å²) in [6.07, 6.45) is 4.36. The Morgan fingerprint density at radius 1 is 1.15 bits per heavy atom. The molecule has 8 heteroatoms. The third-order valence-electron chi connectivity index (χ3n) is 3.69. The Balaban J connectivity index is 1.86. The van der Waals surface area contributed by atoms with Crippen LogP contribution in [0.25, 0.3) is 22.3 Å². The number of aromatic nitrogens is 2. The highest BCUT2D eigenvalue weighted by Crippen LogP contribution is 2.23. The van der Waals surface area contributed by atoms with Crippen LogP contribution in [0.15, 0.2) is 58.2 Å². The average molecular weight is 353 g/mol. The first-order valence-electron chi connectivity index (χ1n) is 7.68. The summed E-state index contributed by atoms with van der Waals surface area (Å²) in [6, 6.07) is 8.53. The number of carboxylic acid groups (broad SMARTS) is 1. The molecule has 0 spiro atoms. The number of benzene rings is 1. The Hall–Kier alpha value is -3.68. The van der Waals surface area contributed by atoms with Crippen molar-refractivity contribution in [1.29, 1.82) is 0 Å². The van der Waals surface area contributed by atoms with Crippen molar-refractivity contribution < 1.29 is 19.2 Å². The normalized spacial score (nSPS) is 10.5. The van der Waals surface area contributed by atoms with Crippen LogP contribution >= 0.6 is 0 Å². The summed E-state index contributed by atoms with van der Waals surface area (Å²) in [5.41, 5.74) is 2.02. The number of nitrogens with zero attached hydrogens (tertiary/aromatic N) is 2. The second-order valence-electron chi connectivity index (χ2n) is 5.57. The van der Waals surface area contributed by atoms with Gasteiger partial charge in [-0.25, -0.2) is 9.59 Å². The van der Waals surface area contributed by atoms with Crippen molar-refractivity contribution in [1.82, 2.24) is 15.0 Å². The van der Waals surface area contributed by atoms with E-state index in [1.54, 1.807) is 30.5 Å². The largest absolute Gasteiger partial charge is 0.478 e. The van der Waals surface area contributed by atoms with E-state index in [1.165, 1.54) is 30.1 Å². The molecule has 3 aromatic rings. The average Bonchev–Trinajstić information content (AvgIpc) is 3.01. The van der Waals surface area contributed by atoms with Gasteiger partial charge >= 0.3 is 11.6 Å². The second kappa shape index (κ2) is 7.06.